The minimum Gasteiger partial charge on any atom is -0.370 e. The molecule has 2 amide bonds. The Morgan fingerprint density at radius 3 is 2.47 bits per heavy atom. The molecule has 0 bridgehead atoms. The number of nitrogens with zero attached hydrogens (tertiary/aromatic N) is 1. The van der Waals surface area contributed by atoms with Crippen LogP contribution in [0.25, 0.3) is 0 Å². The summed E-state index contributed by atoms with van der Waals surface area (Å²) < 4.78 is 22.8. The summed E-state index contributed by atoms with van der Waals surface area (Å²) >= 11 is 0. The van der Waals surface area contributed by atoms with Crippen LogP contribution in [0.1, 0.15) is 12.0 Å². The largest absolute Gasteiger partial charge is 0.370 e. The molecule has 1 aromatic heterocycles. The standard InChI is InChI=1S/C9H11N3O4S/c10-7(13)2-1-6-3-4-12-8(5-6)17(15,16)9(11)14/h3-5H,1-2H2,(H2,10,13)(H2,11,14). The zero-order chi connectivity index (χ0) is 13.1. The molecule has 1 heterocycles. The number of hydrogen-bond acceptors (Lipinski definition) is 5. The normalized spacial score (nSPS) is 11.1. The van der Waals surface area contributed by atoms with E-state index in [2.05, 4.69) is 4.98 Å². The fourth-order valence-electron chi connectivity index (χ4n) is 1.12. The van der Waals surface area contributed by atoms with Gasteiger partial charge in [-0.3, -0.25) is 9.59 Å². The molecule has 0 spiro atoms. The number of nitrogens with two attached hydrogens (primary N) is 2. The van der Waals surface area contributed by atoms with E-state index in [1.165, 1.54) is 18.3 Å². The second-order valence-corrected chi connectivity index (χ2v) is 5.12. The lowest BCUT2D eigenvalue weighted by molar-refractivity contribution is -0.117. The summed E-state index contributed by atoms with van der Waals surface area (Å²) in [6, 6.07) is 2.73. The van der Waals surface area contributed by atoms with Crippen molar-refractivity contribution in [1.29, 1.82) is 0 Å². The molecule has 1 rings (SSSR count). The maximum atomic E-state index is 11.4. The molecule has 0 unspecified atom stereocenters. The second-order valence-electron chi connectivity index (χ2n) is 3.29. The maximum Gasteiger partial charge on any atom is 0.340 e. The third-order valence-corrected chi connectivity index (χ3v) is 3.30. The van der Waals surface area contributed by atoms with Gasteiger partial charge in [0.05, 0.1) is 0 Å². The summed E-state index contributed by atoms with van der Waals surface area (Å²) in [4.78, 5) is 24.9. The molecule has 4 N–H and O–H groups in total. The lowest BCUT2D eigenvalue weighted by atomic mass is 10.1. The predicted octanol–water partition coefficient (Wildman–Crippen LogP) is -0.648. The van der Waals surface area contributed by atoms with Crippen LogP contribution in [0.5, 0.6) is 0 Å². The number of primary amides is 2. The highest BCUT2D eigenvalue weighted by molar-refractivity contribution is 8.05. The van der Waals surface area contributed by atoms with E-state index in [-0.39, 0.29) is 12.8 Å². The highest BCUT2D eigenvalue weighted by Gasteiger charge is 2.23. The van der Waals surface area contributed by atoms with E-state index in [1.807, 2.05) is 0 Å². The molecule has 92 valence electrons. The van der Waals surface area contributed by atoms with E-state index < -0.39 is 26.0 Å². The van der Waals surface area contributed by atoms with Gasteiger partial charge in [-0.2, -0.15) is 0 Å². The molecule has 0 aliphatic heterocycles. The van der Waals surface area contributed by atoms with Crippen molar-refractivity contribution >= 4 is 21.0 Å². The Kier molecular flexibility index (Phi) is 3.79. The van der Waals surface area contributed by atoms with Crippen molar-refractivity contribution in [2.45, 2.75) is 17.9 Å². The van der Waals surface area contributed by atoms with Gasteiger partial charge in [-0.25, -0.2) is 13.4 Å². The van der Waals surface area contributed by atoms with Gasteiger partial charge in [0, 0.05) is 12.6 Å². The minimum atomic E-state index is -4.23. The SMILES string of the molecule is NC(=O)CCc1ccnc(S(=O)(=O)C(N)=O)c1. The highest BCUT2D eigenvalue weighted by Crippen LogP contribution is 2.11. The molecule has 0 aromatic carbocycles. The van der Waals surface area contributed by atoms with Gasteiger partial charge in [-0.1, -0.05) is 0 Å². The van der Waals surface area contributed by atoms with Crippen molar-refractivity contribution in [3.8, 4) is 0 Å². The number of carbonyl (C=O) groups excluding carboxylic acids is 2. The summed E-state index contributed by atoms with van der Waals surface area (Å²) in [6.07, 6.45) is 1.59. The van der Waals surface area contributed by atoms with Crippen molar-refractivity contribution in [3.05, 3.63) is 23.9 Å². The Morgan fingerprint density at radius 2 is 1.94 bits per heavy atom. The van der Waals surface area contributed by atoms with Crippen LogP contribution in [0.4, 0.5) is 4.79 Å². The zero-order valence-electron chi connectivity index (χ0n) is 8.79. The van der Waals surface area contributed by atoms with E-state index >= 15 is 0 Å². The van der Waals surface area contributed by atoms with Crippen molar-refractivity contribution in [1.82, 2.24) is 4.98 Å². The summed E-state index contributed by atoms with van der Waals surface area (Å²) in [7, 11) is -4.23. The van der Waals surface area contributed by atoms with Gasteiger partial charge in [-0.15, -0.1) is 0 Å². The molecule has 1 aromatic rings. The summed E-state index contributed by atoms with van der Waals surface area (Å²) in [5, 5.41) is -1.89. The average Bonchev–Trinajstić information content (AvgIpc) is 2.26. The lowest BCUT2D eigenvalue weighted by Gasteiger charge is -2.02. The van der Waals surface area contributed by atoms with E-state index in [0.29, 0.717) is 5.56 Å². The van der Waals surface area contributed by atoms with Crippen LogP contribution < -0.4 is 11.5 Å². The van der Waals surface area contributed by atoms with Gasteiger partial charge in [0.25, 0.3) is 9.84 Å². The number of rotatable bonds is 4. The van der Waals surface area contributed by atoms with Gasteiger partial charge in [0.2, 0.25) is 5.91 Å². The fraction of sp³-hybridized carbons (Fsp3) is 0.222. The van der Waals surface area contributed by atoms with E-state index in [4.69, 9.17) is 11.5 Å². The van der Waals surface area contributed by atoms with Crippen LogP contribution in [-0.4, -0.2) is 24.5 Å². The molecule has 0 saturated heterocycles. The molecule has 0 radical (unpaired) electrons. The Labute approximate surface area is 97.7 Å². The smallest absolute Gasteiger partial charge is 0.340 e. The molecule has 0 aliphatic rings. The quantitative estimate of drug-likeness (QED) is 0.739. The second kappa shape index (κ2) is 4.91. The maximum absolute atomic E-state index is 11.4. The molecule has 0 saturated carbocycles. The third kappa shape index (κ3) is 3.25. The summed E-state index contributed by atoms with van der Waals surface area (Å²) in [5.74, 6) is -0.499. The van der Waals surface area contributed by atoms with Crippen LogP contribution in [0.3, 0.4) is 0 Å². The van der Waals surface area contributed by atoms with Gasteiger partial charge in [0.1, 0.15) is 0 Å². The molecule has 0 fully saturated rings. The van der Waals surface area contributed by atoms with Crippen molar-refractivity contribution < 1.29 is 18.0 Å². The predicted molar refractivity (Wildman–Crippen MR) is 58.5 cm³/mol. The monoisotopic (exact) mass is 257 g/mol. The van der Waals surface area contributed by atoms with Gasteiger partial charge >= 0.3 is 5.24 Å². The third-order valence-electron chi connectivity index (χ3n) is 2.00. The van der Waals surface area contributed by atoms with Crippen LogP contribution in [0.15, 0.2) is 23.4 Å². The summed E-state index contributed by atoms with van der Waals surface area (Å²) in [6.45, 7) is 0. The lowest BCUT2D eigenvalue weighted by Crippen LogP contribution is -2.22. The van der Waals surface area contributed by atoms with Crippen molar-refractivity contribution in [2.24, 2.45) is 11.5 Å². The fourth-order valence-corrected chi connectivity index (χ4v) is 1.84. The Bertz CT molecular complexity index is 553. The van der Waals surface area contributed by atoms with Crippen LogP contribution in [0, 0.1) is 0 Å². The van der Waals surface area contributed by atoms with Crippen LogP contribution in [-0.2, 0) is 21.1 Å². The molecule has 7 nitrogen and oxygen atoms in total. The Morgan fingerprint density at radius 1 is 1.29 bits per heavy atom. The van der Waals surface area contributed by atoms with Crippen LogP contribution >= 0.6 is 0 Å². The zero-order valence-corrected chi connectivity index (χ0v) is 9.61. The molecule has 0 atom stereocenters. The molecule has 8 heteroatoms. The van der Waals surface area contributed by atoms with Gasteiger partial charge < -0.3 is 11.5 Å². The number of carbonyl (C=O) groups is 2. The molecule has 17 heavy (non-hydrogen) atoms. The van der Waals surface area contributed by atoms with Crippen LogP contribution in [0.2, 0.25) is 0 Å². The first-order valence-electron chi connectivity index (χ1n) is 4.62. The van der Waals surface area contributed by atoms with Gasteiger partial charge in [0.15, 0.2) is 5.03 Å². The minimum absolute atomic E-state index is 0.0834. The molecular weight excluding hydrogens is 246 g/mol. The first-order chi connectivity index (χ1) is 7.84. The topological polar surface area (TPSA) is 133 Å². The van der Waals surface area contributed by atoms with E-state index in [9.17, 15) is 18.0 Å². The first-order valence-corrected chi connectivity index (χ1v) is 6.10. The first kappa shape index (κ1) is 13.1. The molecule has 0 aliphatic carbocycles. The number of aromatic nitrogens is 1. The highest BCUT2D eigenvalue weighted by atomic mass is 32.2. The van der Waals surface area contributed by atoms with E-state index in [1.54, 1.807) is 0 Å². The summed E-state index contributed by atoms with van der Waals surface area (Å²) in [5.41, 5.74) is 10.2. The van der Waals surface area contributed by atoms with E-state index in [0.717, 1.165) is 0 Å². The average molecular weight is 257 g/mol. The number of amides is 2. The van der Waals surface area contributed by atoms with Crippen molar-refractivity contribution in [2.75, 3.05) is 0 Å². The number of aryl methyl sites for hydroxylation is 1. The number of sulfone groups is 1. The van der Waals surface area contributed by atoms with Gasteiger partial charge in [-0.05, 0) is 24.1 Å². The van der Waals surface area contributed by atoms with Crippen molar-refractivity contribution in [3.63, 3.8) is 0 Å². The number of hydrogen-bond donors (Lipinski definition) is 2. The number of pyridine rings is 1. The molecular formula is C9H11N3O4S. The Balaban J connectivity index is 3.02. The Hall–Kier alpha value is -1.96.